The summed E-state index contributed by atoms with van der Waals surface area (Å²) in [6.07, 6.45) is 0.761. The maximum absolute atomic E-state index is 13.2. The summed E-state index contributed by atoms with van der Waals surface area (Å²) in [6, 6.07) is 10.0. The number of carbonyl (C=O) groups excluding carboxylic acids is 1. The maximum Gasteiger partial charge on any atom is 0.306 e. The Morgan fingerprint density at radius 1 is 1.20 bits per heavy atom. The molecule has 0 amide bonds. The highest BCUT2D eigenvalue weighted by Gasteiger charge is 2.05. The molecule has 0 bridgehead atoms. The van der Waals surface area contributed by atoms with Crippen molar-refractivity contribution < 1.29 is 18.7 Å². The first-order chi connectivity index (χ1) is 9.75. The minimum atomic E-state index is -0.396. The second-order valence-electron chi connectivity index (χ2n) is 4.12. The molecule has 0 radical (unpaired) electrons. The maximum atomic E-state index is 13.2. The molecule has 1 aromatic carbocycles. The summed E-state index contributed by atoms with van der Waals surface area (Å²) in [5, 5.41) is 1.94. The quantitative estimate of drug-likeness (QED) is 0.575. The van der Waals surface area contributed by atoms with Crippen LogP contribution < -0.4 is 4.74 Å². The van der Waals surface area contributed by atoms with Crippen molar-refractivity contribution in [3.05, 3.63) is 52.5 Å². The first-order valence-electron chi connectivity index (χ1n) is 6.31. The fourth-order valence-corrected chi connectivity index (χ4v) is 2.19. The smallest absolute Gasteiger partial charge is 0.306 e. The average molecular weight is 294 g/mol. The van der Waals surface area contributed by atoms with E-state index in [4.69, 9.17) is 9.47 Å². The summed E-state index contributed by atoms with van der Waals surface area (Å²) in [7, 11) is 0. The zero-order chi connectivity index (χ0) is 14.2. The molecule has 0 unspecified atom stereocenters. The van der Waals surface area contributed by atoms with Crippen LogP contribution in [0.25, 0.3) is 0 Å². The highest BCUT2D eigenvalue weighted by Crippen LogP contribution is 2.15. The van der Waals surface area contributed by atoms with Crippen molar-refractivity contribution in [2.24, 2.45) is 0 Å². The molecule has 2 aromatic rings. The second kappa shape index (κ2) is 7.65. The first kappa shape index (κ1) is 14.5. The summed E-state index contributed by atoms with van der Waals surface area (Å²) < 4.78 is 23.6. The van der Waals surface area contributed by atoms with Gasteiger partial charge in [0.1, 0.15) is 6.61 Å². The van der Waals surface area contributed by atoms with Crippen LogP contribution in [0.1, 0.15) is 17.7 Å². The molecule has 0 saturated carbocycles. The van der Waals surface area contributed by atoms with E-state index in [1.807, 2.05) is 17.5 Å². The first-order valence-corrected chi connectivity index (χ1v) is 7.19. The Bertz CT molecular complexity index is 540. The molecule has 0 aliphatic heterocycles. The lowest BCUT2D eigenvalue weighted by atomic mass is 10.3. The summed E-state index contributed by atoms with van der Waals surface area (Å²) in [4.78, 5) is 12.5. The van der Waals surface area contributed by atoms with E-state index < -0.39 is 5.82 Å². The van der Waals surface area contributed by atoms with Crippen molar-refractivity contribution in [2.45, 2.75) is 19.4 Å². The number of esters is 1. The number of para-hydroxylation sites is 1. The van der Waals surface area contributed by atoms with Gasteiger partial charge in [0, 0.05) is 11.3 Å². The highest BCUT2D eigenvalue weighted by molar-refractivity contribution is 7.09. The van der Waals surface area contributed by atoms with E-state index in [1.54, 1.807) is 29.5 Å². The van der Waals surface area contributed by atoms with Gasteiger partial charge in [-0.2, -0.15) is 0 Å². The van der Waals surface area contributed by atoms with Crippen molar-refractivity contribution in [3.8, 4) is 5.75 Å². The molecule has 2 rings (SSSR count). The predicted octanol–water partition coefficient (Wildman–Crippen LogP) is 3.79. The molecule has 3 nitrogen and oxygen atoms in total. The highest BCUT2D eigenvalue weighted by atomic mass is 32.1. The van der Waals surface area contributed by atoms with Crippen LogP contribution in [0.3, 0.4) is 0 Å². The molecule has 0 aliphatic carbocycles. The Morgan fingerprint density at radius 2 is 2.05 bits per heavy atom. The van der Waals surface area contributed by atoms with E-state index >= 15 is 0 Å². The summed E-state index contributed by atoms with van der Waals surface area (Å²) in [5.74, 6) is -0.456. The van der Waals surface area contributed by atoms with Crippen molar-refractivity contribution in [1.82, 2.24) is 0 Å². The van der Waals surface area contributed by atoms with Crippen LogP contribution in [-0.4, -0.2) is 12.6 Å². The predicted molar refractivity (Wildman–Crippen MR) is 75.2 cm³/mol. The van der Waals surface area contributed by atoms with Gasteiger partial charge in [-0.1, -0.05) is 18.2 Å². The SMILES string of the molecule is O=C(CCCOc1ccccc1F)OCc1cccs1. The van der Waals surface area contributed by atoms with Gasteiger partial charge < -0.3 is 9.47 Å². The summed E-state index contributed by atoms with van der Waals surface area (Å²) in [5.41, 5.74) is 0. The van der Waals surface area contributed by atoms with Crippen molar-refractivity contribution in [2.75, 3.05) is 6.61 Å². The molecular formula is C15H15FO3S. The fraction of sp³-hybridized carbons (Fsp3) is 0.267. The Kier molecular flexibility index (Phi) is 5.55. The lowest BCUT2D eigenvalue weighted by molar-refractivity contribution is -0.145. The number of hydrogen-bond donors (Lipinski definition) is 0. The lowest BCUT2D eigenvalue weighted by Gasteiger charge is -2.07. The molecule has 0 spiro atoms. The van der Waals surface area contributed by atoms with Crippen LogP contribution in [0.15, 0.2) is 41.8 Å². The number of hydrogen-bond acceptors (Lipinski definition) is 4. The Morgan fingerprint density at radius 3 is 2.80 bits per heavy atom. The van der Waals surface area contributed by atoms with E-state index in [-0.39, 0.29) is 24.7 Å². The molecule has 0 fully saturated rings. The van der Waals surface area contributed by atoms with Crippen molar-refractivity contribution in [3.63, 3.8) is 0 Å². The average Bonchev–Trinajstić information content (AvgIpc) is 2.96. The van der Waals surface area contributed by atoms with Gasteiger partial charge in [0.05, 0.1) is 6.61 Å². The molecule has 0 saturated heterocycles. The zero-order valence-electron chi connectivity index (χ0n) is 10.9. The standard InChI is InChI=1S/C15H15FO3S/c16-13-6-1-2-7-14(13)18-9-3-8-15(17)19-11-12-5-4-10-20-12/h1-2,4-7,10H,3,8-9,11H2. The summed E-state index contributed by atoms with van der Waals surface area (Å²) >= 11 is 1.55. The number of ether oxygens (including phenoxy) is 2. The number of carbonyl (C=O) groups is 1. The van der Waals surface area contributed by atoms with E-state index in [1.165, 1.54) is 6.07 Å². The molecule has 0 atom stereocenters. The van der Waals surface area contributed by atoms with E-state index in [2.05, 4.69) is 0 Å². The van der Waals surface area contributed by atoms with Gasteiger partial charge in [0.15, 0.2) is 11.6 Å². The molecule has 1 heterocycles. The molecule has 20 heavy (non-hydrogen) atoms. The van der Waals surface area contributed by atoms with Gasteiger partial charge in [-0.05, 0) is 30.0 Å². The normalized spacial score (nSPS) is 10.2. The Balaban J connectivity index is 1.61. The van der Waals surface area contributed by atoms with Crippen LogP contribution in [0.2, 0.25) is 0 Å². The topological polar surface area (TPSA) is 35.5 Å². The zero-order valence-corrected chi connectivity index (χ0v) is 11.7. The molecule has 1 aromatic heterocycles. The largest absolute Gasteiger partial charge is 0.491 e. The third-order valence-electron chi connectivity index (χ3n) is 2.57. The minimum absolute atomic E-state index is 0.208. The molecule has 0 N–H and O–H groups in total. The third kappa shape index (κ3) is 4.66. The molecule has 0 aliphatic rings. The van der Waals surface area contributed by atoms with Crippen LogP contribution in [-0.2, 0) is 16.1 Å². The second-order valence-corrected chi connectivity index (χ2v) is 5.15. The Hall–Kier alpha value is -1.88. The van der Waals surface area contributed by atoms with Crippen molar-refractivity contribution in [1.29, 1.82) is 0 Å². The van der Waals surface area contributed by atoms with Gasteiger partial charge in [0.25, 0.3) is 0 Å². The Labute approximate surface area is 121 Å². The van der Waals surface area contributed by atoms with Gasteiger partial charge in [0.2, 0.25) is 0 Å². The monoisotopic (exact) mass is 294 g/mol. The van der Waals surface area contributed by atoms with Gasteiger partial charge in [-0.15, -0.1) is 11.3 Å². The van der Waals surface area contributed by atoms with Crippen LogP contribution >= 0.6 is 11.3 Å². The fourth-order valence-electron chi connectivity index (χ4n) is 1.58. The van der Waals surface area contributed by atoms with E-state index in [0.29, 0.717) is 13.0 Å². The number of benzene rings is 1. The van der Waals surface area contributed by atoms with Crippen LogP contribution in [0.5, 0.6) is 5.75 Å². The lowest BCUT2D eigenvalue weighted by Crippen LogP contribution is -2.07. The number of thiophene rings is 1. The number of halogens is 1. The van der Waals surface area contributed by atoms with Gasteiger partial charge >= 0.3 is 5.97 Å². The number of rotatable bonds is 7. The molecular weight excluding hydrogens is 279 g/mol. The molecule has 106 valence electrons. The van der Waals surface area contributed by atoms with Crippen LogP contribution in [0, 0.1) is 5.82 Å². The summed E-state index contributed by atoms with van der Waals surface area (Å²) in [6.45, 7) is 0.597. The van der Waals surface area contributed by atoms with E-state index in [0.717, 1.165) is 4.88 Å². The third-order valence-corrected chi connectivity index (χ3v) is 3.42. The minimum Gasteiger partial charge on any atom is -0.491 e. The van der Waals surface area contributed by atoms with Crippen LogP contribution in [0.4, 0.5) is 4.39 Å². The van der Waals surface area contributed by atoms with Gasteiger partial charge in [-0.25, -0.2) is 4.39 Å². The molecule has 5 heteroatoms. The van der Waals surface area contributed by atoms with Crippen molar-refractivity contribution >= 4 is 17.3 Å². The van der Waals surface area contributed by atoms with E-state index in [9.17, 15) is 9.18 Å². The van der Waals surface area contributed by atoms with Gasteiger partial charge in [-0.3, -0.25) is 4.79 Å².